The number of halogens is 5. The van der Waals surface area contributed by atoms with Crippen LogP contribution in [0.2, 0.25) is 10.0 Å². The highest BCUT2D eigenvalue weighted by molar-refractivity contribution is 6.35. The van der Waals surface area contributed by atoms with Crippen LogP contribution in [0, 0.1) is 0 Å². The van der Waals surface area contributed by atoms with Gasteiger partial charge < -0.3 is 15.8 Å². The Morgan fingerprint density at radius 3 is 2.62 bits per heavy atom. The van der Waals surface area contributed by atoms with E-state index in [4.69, 9.17) is 28.9 Å². The summed E-state index contributed by atoms with van der Waals surface area (Å²) in [5.41, 5.74) is 5.57. The molecule has 0 spiro atoms. The highest BCUT2D eigenvalue weighted by atomic mass is 35.5. The Labute approximate surface area is 137 Å². The van der Waals surface area contributed by atoms with Gasteiger partial charge >= 0.3 is 6.61 Å². The minimum Gasteiger partial charge on any atom is -0.433 e. The number of alkyl halides is 2. The van der Waals surface area contributed by atoms with Crippen LogP contribution in [0.15, 0.2) is 12.1 Å². The van der Waals surface area contributed by atoms with Crippen LogP contribution in [0.5, 0.6) is 5.75 Å². The topological polar surface area (TPSA) is 64.4 Å². The molecule has 0 aliphatic heterocycles. The molecule has 0 bridgehead atoms. The second kappa shape index (κ2) is 10.00. The summed E-state index contributed by atoms with van der Waals surface area (Å²) in [6.07, 6.45) is 0.804. The molecule has 1 aromatic carbocycles. The van der Waals surface area contributed by atoms with Crippen molar-refractivity contribution in [3.8, 4) is 5.75 Å². The van der Waals surface area contributed by atoms with Crippen LogP contribution < -0.4 is 15.8 Å². The number of carbonyl (C=O) groups excluding carboxylic acids is 1. The molecule has 21 heavy (non-hydrogen) atoms. The van der Waals surface area contributed by atoms with Crippen molar-refractivity contribution >= 4 is 41.5 Å². The number of benzene rings is 1. The molecule has 9 heteroatoms. The molecule has 1 aromatic rings. The van der Waals surface area contributed by atoms with Gasteiger partial charge in [-0.3, -0.25) is 4.79 Å². The maximum Gasteiger partial charge on any atom is 0.387 e. The number of hydrogen-bond acceptors (Lipinski definition) is 3. The van der Waals surface area contributed by atoms with Gasteiger partial charge in [-0.15, -0.1) is 12.4 Å². The van der Waals surface area contributed by atoms with E-state index in [1.807, 2.05) is 0 Å². The summed E-state index contributed by atoms with van der Waals surface area (Å²) in [6, 6.07) is 2.70. The Balaban J connectivity index is 0.00000400. The Kier molecular flexibility index (Phi) is 9.61. The van der Waals surface area contributed by atoms with E-state index in [9.17, 15) is 13.6 Å². The summed E-state index contributed by atoms with van der Waals surface area (Å²) in [5.74, 6) is -0.431. The minimum absolute atomic E-state index is 0. The zero-order chi connectivity index (χ0) is 15.1. The molecule has 0 heterocycles. The van der Waals surface area contributed by atoms with Crippen molar-refractivity contribution in [1.29, 1.82) is 0 Å². The molecule has 0 radical (unpaired) electrons. The minimum atomic E-state index is -3.01. The molecule has 0 fully saturated rings. The maximum atomic E-state index is 12.3. The van der Waals surface area contributed by atoms with Gasteiger partial charge in [0.1, 0.15) is 5.75 Å². The summed E-state index contributed by atoms with van der Waals surface area (Å²) >= 11 is 11.6. The van der Waals surface area contributed by atoms with Crippen LogP contribution in [0.4, 0.5) is 8.78 Å². The smallest absolute Gasteiger partial charge is 0.387 e. The molecular formula is C12H15Cl3F2N2O2. The molecule has 3 N–H and O–H groups in total. The normalized spacial score (nSPS) is 10.2. The van der Waals surface area contributed by atoms with Crippen molar-refractivity contribution in [2.75, 3.05) is 6.54 Å². The van der Waals surface area contributed by atoms with Gasteiger partial charge in [-0.05, 0) is 25.1 Å². The van der Waals surface area contributed by atoms with E-state index in [1.165, 1.54) is 12.1 Å². The average Bonchev–Trinajstić information content (AvgIpc) is 2.37. The summed E-state index contributed by atoms with van der Waals surface area (Å²) in [5, 5.41) is 2.79. The van der Waals surface area contributed by atoms with Crippen molar-refractivity contribution < 1.29 is 18.3 Å². The summed E-state index contributed by atoms with van der Waals surface area (Å²) in [6.45, 7) is -2.62. The fourth-order valence-corrected chi connectivity index (χ4v) is 2.09. The largest absolute Gasteiger partial charge is 0.433 e. The highest BCUT2D eigenvalue weighted by Gasteiger charge is 2.15. The summed E-state index contributed by atoms with van der Waals surface area (Å²) in [7, 11) is 0. The highest BCUT2D eigenvalue weighted by Crippen LogP contribution is 2.33. The number of amides is 1. The molecular weight excluding hydrogens is 348 g/mol. The van der Waals surface area contributed by atoms with E-state index >= 15 is 0 Å². The lowest BCUT2D eigenvalue weighted by atomic mass is 10.2. The molecule has 0 atom stereocenters. The number of ether oxygens (including phenoxy) is 1. The second-order valence-corrected chi connectivity index (χ2v) is 4.77. The Bertz CT molecular complexity index is 476. The van der Waals surface area contributed by atoms with Gasteiger partial charge in [0.2, 0.25) is 5.91 Å². The Morgan fingerprint density at radius 1 is 1.38 bits per heavy atom. The lowest BCUT2D eigenvalue weighted by Crippen LogP contribution is -2.23. The van der Waals surface area contributed by atoms with Crippen LogP contribution >= 0.6 is 35.6 Å². The third-order valence-corrected chi connectivity index (χ3v) is 2.88. The molecule has 0 aliphatic rings. The van der Waals surface area contributed by atoms with Crippen LogP contribution in [0.25, 0.3) is 0 Å². The van der Waals surface area contributed by atoms with Gasteiger partial charge in [-0.25, -0.2) is 0 Å². The third kappa shape index (κ3) is 7.13. The monoisotopic (exact) mass is 362 g/mol. The van der Waals surface area contributed by atoms with Gasteiger partial charge in [0.05, 0.1) is 5.02 Å². The van der Waals surface area contributed by atoms with E-state index in [-0.39, 0.29) is 52.6 Å². The fraction of sp³-hybridized carbons (Fsp3) is 0.417. The van der Waals surface area contributed by atoms with Crippen molar-refractivity contribution in [2.45, 2.75) is 26.0 Å². The first-order valence-electron chi connectivity index (χ1n) is 5.83. The molecule has 1 rings (SSSR count). The van der Waals surface area contributed by atoms with E-state index in [0.29, 0.717) is 13.0 Å². The van der Waals surface area contributed by atoms with E-state index < -0.39 is 6.61 Å². The molecule has 1 amide bonds. The summed E-state index contributed by atoms with van der Waals surface area (Å²) in [4.78, 5) is 11.5. The van der Waals surface area contributed by atoms with Gasteiger partial charge in [0, 0.05) is 23.6 Å². The molecule has 0 unspecified atom stereocenters. The lowest BCUT2D eigenvalue weighted by molar-refractivity contribution is -0.121. The Morgan fingerprint density at radius 2 is 2.05 bits per heavy atom. The molecule has 120 valence electrons. The first-order valence-corrected chi connectivity index (χ1v) is 6.59. The fourth-order valence-electron chi connectivity index (χ4n) is 1.51. The zero-order valence-electron chi connectivity index (χ0n) is 10.9. The third-order valence-electron chi connectivity index (χ3n) is 2.38. The quantitative estimate of drug-likeness (QED) is 0.780. The first-order chi connectivity index (χ1) is 9.43. The zero-order valence-corrected chi connectivity index (χ0v) is 13.2. The van der Waals surface area contributed by atoms with Crippen LogP contribution in [-0.4, -0.2) is 19.1 Å². The van der Waals surface area contributed by atoms with E-state index in [1.54, 1.807) is 0 Å². The van der Waals surface area contributed by atoms with Gasteiger partial charge in [0.25, 0.3) is 0 Å². The van der Waals surface area contributed by atoms with Gasteiger partial charge in [0.15, 0.2) is 0 Å². The van der Waals surface area contributed by atoms with Gasteiger partial charge in [-0.2, -0.15) is 8.78 Å². The second-order valence-electron chi connectivity index (χ2n) is 3.92. The van der Waals surface area contributed by atoms with Crippen molar-refractivity contribution in [3.63, 3.8) is 0 Å². The molecule has 4 nitrogen and oxygen atoms in total. The predicted molar refractivity (Wildman–Crippen MR) is 80.5 cm³/mol. The molecule has 0 saturated carbocycles. The van der Waals surface area contributed by atoms with Crippen molar-refractivity contribution in [1.82, 2.24) is 5.32 Å². The molecule has 0 saturated heterocycles. The predicted octanol–water partition coefficient (Wildman–Crippen LogP) is 3.37. The maximum absolute atomic E-state index is 12.3. The van der Waals surface area contributed by atoms with E-state index in [2.05, 4.69) is 10.1 Å². The van der Waals surface area contributed by atoms with Crippen LogP contribution in [0.3, 0.4) is 0 Å². The number of nitrogens with one attached hydrogen (secondary N) is 1. The number of hydrogen-bond donors (Lipinski definition) is 2. The standard InChI is InChI=1S/C12H14Cl2F2N2O2.ClH/c13-8-4-7(6-18-10(19)2-1-3-17)11(9(14)5-8)20-12(15)16;/h4-5,12H,1-3,6,17H2,(H,18,19);1H. The van der Waals surface area contributed by atoms with Crippen LogP contribution in [0.1, 0.15) is 18.4 Å². The van der Waals surface area contributed by atoms with Crippen molar-refractivity contribution in [3.05, 3.63) is 27.7 Å². The number of rotatable bonds is 7. The lowest BCUT2D eigenvalue weighted by Gasteiger charge is -2.13. The van der Waals surface area contributed by atoms with Crippen molar-refractivity contribution in [2.24, 2.45) is 5.73 Å². The van der Waals surface area contributed by atoms with Crippen LogP contribution in [-0.2, 0) is 11.3 Å². The molecule has 0 aromatic heterocycles. The van der Waals surface area contributed by atoms with Gasteiger partial charge in [-0.1, -0.05) is 23.2 Å². The number of nitrogens with two attached hydrogens (primary N) is 1. The van der Waals surface area contributed by atoms with E-state index in [0.717, 1.165) is 0 Å². The SMILES string of the molecule is Cl.NCCCC(=O)NCc1cc(Cl)cc(Cl)c1OC(F)F. The number of carbonyl (C=O) groups is 1. The first kappa shape index (κ1) is 20.2. The Hall–Kier alpha value is -0.820. The summed E-state index contributed by atoms with van der Waals surface area (Å²) < 4.78 is 29.0. The molecule has 0 aliphatic carbocycles. The average molecular weight is 364 g/mol.